The van der Waals surface area contributed by atoms with Crippen molar-refractivity contribution in [3.05, 3.63) is 57.6 Å². The summed E-state index contributed by atoms with van der Waals surface area (Å²) in [7, 11) is 0. The van der Waals surface area contributed by atoms with Crippen molar-refractivity contribution in [1.82, 2.24) is 20.8 Å². The minimum Gasteiger partial charge on any atom is -0.480 e. The Balaban J connectivity index is 1.50. The van der Waals surface area contributed by atoms with Crippen LogP contribution in [-0.2, 0) is 15.3 Å². The minimum absolute atomic E-state index is 0.226. The first-order chi connectivity index (χ1) is 17.8. The zero-order valence-corrected chi connectivity index (χ0v) is 22.5. The van der Waals surface area contributed by atoms with Crippen LogP contribution in [0, 0.1) is 18.8 Å². The number of halogens is 1. The van der Waals surface area contributed by atoms with Gasteiger partial charge in [0.15, 0.2) is 0 Å². The smallest absolute Gasteiger partial charge is 0.326 e. The van der Waals surface area contributed by atoms with Crippen molar-refractivity contribution in [3.63, 3.8) is 0 Å². The second-order valence-corrected chi connectivity index (χ2v) is 11.3. The van der Waals surface area contributed by atoms with Crippen molar-refractivity contribution in [1.29, 1.82) is 0 Å². The van der Waals surface area contributed by atoms with Gasteiger partial charge in [-0.15, -0.1) is 5.11 Å². The number of H-pyrrole nitrogens is 1. The van der Waals surface area contributed by atoms with E-state index in [1.54, 1.807) is 13.8 Å². The molecule has 4 atom stereocenters. The highest BCUT2D eigenvalue weighted by molar-refractivity contribution is 9.10. The fraction of sp³-hybridized carbons (Fsp3) is 0.407. The molecule has 0 radical (unpaired) electrons. The van der Waals surface area contributed by atoms with E-state index in [9.17, 15) is 14.7 Å². The molecule has 1 amide bonds. The number of carbonyl (C=O) groups is 2. The monoisotopic (exact) mass is 564 g/mol. The number of aliphatic carboxylic acids is 1. The van der Waals surface area contributed by atoms with Gasteiger partial charge < -0.3 is 15.4 Å². The van der Waals surface area contributed by atoms with Crippen LogP contribution in [-0.4, -0.2) is 39.1 Å². The number of carboxylic acids is 1. The summed E-state index contributed by atoms with van der Waals surface area (Å²) < 4.78 is 0.981. The van der Waals surface area contributed by atoms with Gasteiger partial charge in [-0.25, -0.2) is 10.3 Å². The molecule has 1 spiro atoms. The molecule has 6 rings (SSSR count). The number of nitrogens with one attached hydrogen (secondary N) is 3. The summed E-state index contributed by atoms with van der Waals surface area (Å²) in [6, 6.07) is 11.2. The SMILES string of the molecule is Cc1ccc2[nH]c3c(Br)c2c1C1(N=NNN1C1CCCC1C(=O)N[C@H](C(=O)O)C(C)C)c1ccccc1-3. The van der Waals surface area contributed by atoms with Crippen LogP contribution in [0.5, 0.6) is 0 Å². The lowest BCUT2D eigenvalue weighted by molar-refractivity contribution is -0.144. The van der Waals surface area contributed by atoms with Crippen molar-refractivity contribution in [2.24, 2.45) is 22.2 Å². The number of carboxylic acid groups (broad SMARTS) is 1. The zero-order chi connectivity index (χ0) is 26.1. The maximum absolute atomic E-state index is 13.5. The molecule has 1 saturated carbocycles. The fourth-order valence-electron chi connectivity index (χ4n) is 6.39. The van der Waals surface area contributed by atoms with E-state index in [4.69, 9.17) is 5.11 Å². The minimum atomic E-state index is -1.02. The number of rotatable bonds is 5. The molecule has 1 fully saturated rings. The molecule has 1 aliphatic heterocycles. The molecular formula is C27H29BrN6O3. The number of fused-ring (bicyclic) bond motifs is 5. The van der Waals surface area contributed by atoms with E-state index in [2.05, 4.69) is 68.2 Å². The molecule has 2 bridgehead atoms. The maximum atomic E-state index is 13.5. The largest absolute Gasteiger partial charge is 0.480 e. The van der Waals surface area contributed by atoms with Gasteiger partial charge in [0.2, 0.25) is 11.6 Å². The number of carbonyl (C=O) groups excluding carboxylic acids is 1. The molecule has 192 valence electrons. The van der Waals surface area contributed by atoms with Gasteiger partial charge in [-0.3, -0.25) is 4.79 Å². The van der Waals surface area contributed by atoms with Crippen LogP contribution in [0.2, 0.25) is 0 Å². The lowest BCUT2D eigenvalue weighted by Gasteiger charge is -2.41. The van der Waals surface area contributed by atoms with Crippen LogP contribution in [0.15, 0.2) is 51.2 Å². The van der Waals surface area contributed by atoms with Crippen LogP contribution >= 0.6 is 15.9 Å². The van der Waals surface area contributed by atoms with Crippen molar-refractivity contribution in [2.45, 2.75) is 57.8 Å². The average molecular weight is 565 g/mol. The Kier molecular flexibility index (Phi) is 5.65. The van der Waals surface area contributed by atoms with E-state index in [0.717, 1.165) is 56.2 Å². The number of hydrogen-bond acceptors (Lipinski definition) is 6. The van der Waals surface area contributed by atoms with Crippen molar-refractivity contribution < 1.29 is 14.7 Å². The third-order valence-electron chi connectivity index (χ3n) is 8.11. The molecule has 37 heavy (non-hydrogen) atoms. The molecule has 1 aromatic heterocycles. The molecule has 3 aliphatic rings. The van der Waals surface area contributed by atoms with Gasteiger partial charge in [0.25, 0.3) is 0 Å². The first-order valence-electron chi connectivity index (χ1n) is 12.7. The van der Waals surface area contributed by atoms with E-state index in [0.29, 0.717) is 6.42 Å². The molecule has 3 aromatic rings. The average Bonchev–Trinajstić information content (AvgIpc) is 3.58. The highest BCUT2D eigenvalue weighted by atomic mass is 79.9. The van der Waals surface area contributed by atoms with Gasteiger partial charge in [0.05, 0.1) is 16.1 Å². The second-order valence-electron chi connectivity index (χ2n) is 10.6. The third-order valence-corrected chi connectivity index (χ3v) is 8.90. The van der Waals surface area contributed by atoms with E-state index < -0.39 is 23.6 Å². The van der Waals surface area contributed by atoms with Gasteiger partial charge in [-0.1, -0.05) is 55.8 Å². The van der Waals surface area contributed by atoms with Gasteiger partial charge in [0, 0.05) is 33.6 Å². The molecule has 2 heterocycles. The fourth-order valence-corrected chi connectivity index (χ4v) is 7.11. The number of hydrazine groups is 1. The lowest BCUT2D eigenvalue weighted by Crippen LogP contribution is -2.57. The Morgan fingerprint density at radius 2 is 2.00 bits per heavy atom. The summed E-state index contributed by atoms with van der Waals surface area (Å²) in [5, 5.41) is 24.8. The predicted octanol–water partition coefficient (Wildman–Crippen LogP) is 5.00. The molecule has 2 aromatic carbocycles. The number of hydrogen-bond donors (Lipinski definition) is 4. The summed E-state index contributed by atoms with van der Waals surface area (Å²) in [4.78, 5) is 28.9. The predicted molar refractivity (Wildman–Crippen MR) is 142 cm³/mol. The summed E-state index contributed by atoms with van der Waals surface area (Å²) >= 11 is 3.87. The standard InChI is InChI=1S/C27H29BrN6O3/c1-13(2)23(26(36)37)30-25(35)16-8-6-10-19(16)34-27(31-32-33-34)17-9-5-4-7-15(17)24-22(28)20-18(29-24)12-11-14(3)21(20)27/h4-5,7,9,11-13,16,19,23,29H,6,8,10H2,1-3H3,(H,30,35)(H,31,33)(H,36,37)/t16?,19?,23-,27?/m0/s1. The van der Waals surface area contributed by atoms with Gasteiger partial charge in [0.1, 0.15) is 6.04 Å². The van der Waals surface area contributed by atoms with E-state index >= 15 is 0 Å². The first kappa shape index (κ1) is 24.1. The number of aromatic amines is 1. The van der Waals surface area contributed by atoms with E-state index in [1.165, 1.54) is 0 Å². The second kappa shape index (κ2) is 8.66. The highest BCUT2D eigenvalue weighted by Gasteiger charge is 2.55. The summed E-state index contributed by atoms with van der Waals surface area (Å²) in [6.07, 6.45) is 2.27. The molecule has 2 aliphatic carbocycles. The number of nitrogens with zero attached hydrogens (tertiary/aromatic N) is 3. The number of aryl methyl sites for hydroxylation is 1. The molecule has 4 N–H and O–H groups in total. The lowest BCUT2D eigenvalue weighted by atomic mass is 9.83. The molecule has 9 nitrogen and oxygen atoms in total. The highest BCUT2D eigenvalue weighted by Crippen LogP contribution is 2.55. The first-order valence-corrected chi connectivity index (χ1v) is 13.5. The van der Waals surface area contributed by atoms with Crippen LogP contribution in [0.1, 0.15) is 49.8 Å². The molecule has 0 saturated heterocycles. The number of benzene rings is 2. The van der Waals surface area contributed by atoms with Crippen molar-refractivity contribution in [2.75, 3.05) is 0 Å². The Bertz CT molecular complexity index is 1470. The Labute approximate surface area is 222 Å². The van der Waals surface area contributed by atoms with Gasteiger partial charge >= 0.3 is 5.97 Å². The topological polar surface area (TPSA) is 122 Å². The quantitative estimate of drug-likeness (QED) is 0.347. The van der Waals surface area contributed by atoms with Crippen molar-refractivity contribution >= 4 is 38.7 Å². The summed E-state index contributed by atoms with van der Waals surface area (Å²) in [5.41, 5.74) is 8.22. The normalized spacial score (nSPS) is 25.0. The van der Waals surface area contributed by atoms with E-state index in [-0.39, 0.29) is 17.9 Å². The van der Waals surface area contributed by atoms with E-state index in [1.807, 2.05) is 17.1 Å². The Morgan fingerprint density at radius 1 is 1.22 bits per heavy atom. The summed E-state index contributed by atoms with van der Waals surface area (Å²) in [6.45, 7) is 5.68. The number of aromatic nitrogens is 1. The van der Waals surface area contributed by atoms with Crippen LogP contribution in [0.25, 0.3) is 22.2 Å². The third kappa shape index (κ3) is 3.38. The molecule has 10 heteroatoms. The Hall–Kier alpha value is -3.24. The summed E-state index contributed by atoms with van der Waals surface area (Å²) in [5.74, 6) is -1.90. The van der Waals surface area contributed by atoms with Gasteiger partial charge in [-0.05, 0) is 53.2 Å². The van der Waals surface area contributed by atoms with Gasteiger partial charge in [-0.2, -0.15) is 5.01 Å². The maximum Gasteiger partial charge on any atom is 0.326 e. The molecular weight excluding hydrogens is 536 g/mol. The van der Waals surface area contributed by atoms with Crippen LogP contribution in [0.4, 0.5) is 0 Å². The van der Waals surface area contributed by atoms with Crippen LogP contribution < -0.4 is 10.9 Å². The van der Waals surface area contributed by atoms with Crippen LogP contribution in [0.3, 0.4) is 0 Å². The van der Waals surface area contributed by atoms with Crippen molar-refractivity contribution in [3.8, 4) is 11.3 Å². The Morgan fingerprint density at radius 3 is 2.76 bits per heavy atom. The number of amides is 1. The molecule has 3 unspecified atom stereocenters. The zero-order valence-electron chi connectivity index (χ0n) is 20.9.